The maximum absolute atomic E-state index is 13.2. The summed E-state index contributed by atoms with van der Waals surface area (Å²) >= 11 is 0. The number of hydrogen-bond acceptors (Lipinski definition) is 3. The summed E-state index contributed by atoms with van der Waals surface area (Å²) in [4.78, 5) is 23.8. The van der Waals surface area contributed by atoms with Crippen molar-refractivity contribution >= 4 is 17.4 Å². The number of non-ortho nitro benzene ring substituents is 1. The summed E-state index contributed by atoms with van der Waals surface area (Å²) in [5.41, 5.74) is 1.63. The molecule has 0 atom stereocenters. The Kier molecular flexibility index (Phi) is 4.90. The molecular weight excluding hydrogens is 301 g/mol. The standard InChI is InChI=1S/C16H16FN3O3/c1-11-6-7-14(20(22)23)9-15(11)18-16(21)19(2)10-12-4-3-5-13(17)8-12/h3-9H,10H2,1-2H3,(H,18,21). The minimum absolute atomic E-state index is 0.0984. The molecule has 0 aliphatic carbocycles. The first-order chi connectivity index (χ1) is 10.9. The van der Waals surface area contributed by atoms with Gasteiger partial charge in [0.25, 0.3) is 5.69 Å². The molecular formula is C16H16FN3O3. The van der Waals surface area contributed by atoms with Gasteiger partial charge in [0.1, 0.15) is 5.82 Å². The number of benzene rings is 2. The number of rotatable bonds is 4. The van der Waals surface area contributed by atoms with E-state index in [1.807, 2.05) is 0 Å². The summed E-state index contributed by atoms with van der Waals surface area (Å²) in [6.45, 7) is 1.96. The van der Waals surface area contributed by atoms with Crippen LogP contribution in [0, 0.1) is 22.9 Å². The van der Waals surface area contributed by atoms with Gasteiger partial charge in [-0.3, -0.25) is 10.1 Å². The van der Waals surface area contributed by atoms with Gasteiger partial charge in [-0.05, 0) is 30.2 Å². The second kappa shape index (κ2) is 6.87. The molecule has 0 heterocycles. The van der Waals surface area contributed by atoms with E-state index in [0.717, 1.165) is 0 Å². The number of urea groups is 1. The SMILES string of the molecule is Cc1ccc([N+](=O)[O-])cc1NC(=O)N(C)Cc1cccc(F)c1. The zero-order valence-corrected chi connectivity index (χ0v) is 12.7. The average Bonchev–Trinajstić information content (AvgIpc) is 2.49. The molecule has 0 fully saturated rings. The van der Waals surface area contributed by atoms with Gasteiger partial charge in [0.2, 0.25) is 0 Å². The Labute approximate surface area is 132 Å². The fourth-order valence-corrected chi connectivity index (χ4v) is 2.05. The molecule has 0 aliphatic rings. The van der Waals surface area contributed by atoms with Crippen LogP contribution in [0.5, 0.6) is 0 Å². The molecule has 2 rings (SSSR count). The van der Waals surface area contributed by atoms with Crippen LogP contribution in [0.2, 0.25) is 0 Å². The fourth-order valence-electron chi connectivity index (χ4n) is 2.05. The number of aryl methyl sites for hydroxylation is 1. The fraction of sp³-hybridized carbons (Fsp3) is 0.188. The highest BCUT2D eigenvalue weighted by molar-refractivity contribution is 5.90. The van der Waals surface area contributed by atoms with E-state index < -0.39 is 11.0 Å². The Morgan fingerprint density at radius 1 is 1.30 bits per heavy atom. The number of nitro benzene ring substituents is 1. The molecule has 120 valence electrons. The second-order valence-corrected chi connectivity index (χ2v) is 5.17. The molecule has 6 nitrogen and oxygen atoms in total. The molecule has 0 bridgehead atoms. The van der Waals surface area contributed by atoms with E-state index in [-0.39, 0.29) is 18.0 Å². The molecule has 0 aromatic heterocycles. The normalized spacial score (nSPS) is 10.2. The molecule has 0 saturated heterocycles. The number of nitrogens with one attached hydrogen (secondary N) is 1. The van der Waals surface area contributed by atoms with Crippen molar-refractivity contribution in [2.75, 3.05) is 12.4 Å². The zero-order chi connectivity index (χ0) is 17.0. The number of nitrogens with zero attached hydrogens (tertiary/aromatic N) is 2. The van der Waals surface area contributed by atoms with Gasteiger partial charge in [0, 0.05) is 25.7 Å². The third-order valence-electron chi connectivity index (χ3n) is 3.33. The second-order valence-electron chi connectivity index (χ2n) is 5.17. The number of amides is 2. The quantitative estimate of drug-likeness (QED) is 0.690. The number of anilines is 1. The molecule has 0 aliphatic heterocycles. The van der Waals surface area contributed by atoms with Crippen molar-refractivity contribution < 1.29 is 14.1 Å². The Balaban J connectivity index is 2.09. The van der Waals surface area contributed by atoms with Crippen LogP contribution in [0.4, 0.5) is 20.6 Å². The van der Waals surface area contributed by atoms with Gasteiger partial charge in [-0.1, -0.05) is 18.2 Å². The third kappa shape index (κ3) is 4.26. The molecule has 1 N–H and O–H groups in total. The van der Waals surface area contributed by atoms with Crippen molar-refractivity contribution in [1.82, 2.24) is 4.90 Å². The largest absolute Gasteiger partial charge is 0.323 e. The molecule has 0 unspecified atom stereocenters. The number of carbonyl (C=O) groups excluding carboxylic acids is 1. The van der Waals surface area contributed by atoms with Crippen molar-refractivity contribution in [1.29, 1.82) is 0 Å². The summed E-state index contributed by atoms with van der Waals surface area (Å²) in [6.07, 6.45) is 0. The maximum atomic E-state index is 13.2. The van der Waals surface area contributed by atoms with Crippen molar-refractivity contribution in [3.05, 3.63) is 69.5 Å². The lowest BCUT2D eigenvalue weighted by Gasteiger charge is -2.19. The van der Waals surface area contributed by atoms with E-state index in [9.17, 15) is 19.3 Å². The predicted molar refractivity (Wildman–Crippen MR) is 84.7 cm³/mol. The molecule has 0 radical (unpaired) electrons. The molecule has 23 heavy (non-hydrogen) atoms. The van der Waals surface area contributed by atoms with Crippen molar-refractivity contribution in [3.8, 4) is 0 Å². The van der Waals surface area contributed by atoms with E-state index in [2.05, 4.69) is 5.32 Å². The van der Waals surface area contributed by atoms with Crippen LogP contribution in [-0.4, -0.2) is 22.9 Å². The van der Waals surface area contributed by atoms with E-state index in [0.29, 0.717) is 16.8 Å². The maximum Gasteiger partial charge on any atom is 0.321 e. The van der Waals surface area contributed by atoms with Gasteiger partial charge in [-0.25, -0.2) is 9.18 Å². The summed E-state index contributed by atoms with van der Waals surface area (Å²) < 4.78 is 13.2. The summed E-state index contributed by atoms with van der Waals surface area (Å²) in [7, 11) is 1.56. The lowest BCUT2D eigenvalue weighted by Crippen LogP contribution is -2.31. The molecule has 7 heteroatoms. The third-order valence-corrected chi connectivity index (χ3v) is 3.33. The van der Waals surface area contributed by atoms with Crippen LogP contribution in [0.25, 0.3) is 0 Å². The van der Waals surface area contributed by atoms with E-state index in [1.54, 1.807) is 32.2 Å². The minimum Gasteiger partial charge on any atom is -0.323 e. The lowest BCUT2D eigenvalue weighted by molar-refractivity contribution is -0.384. The Morgan fingerprint density at radius 2 is 2.04 bits per heavy atom. The zero-order valence-electron chi connectivity index (χ0n) is 12.7. The number of carbonyl (C=O) groups is 1. The molecule has 2 aromatic rings. The van der Waals surface area contributed by atoms with Crippen molar-refractivity contribution in [2.24, 2.45) is 0 Å². The van der Waals surface area contributed by atoms with Crippen molar-refractivity contribution in [2.45, 2.75) is 13.5 Å². The summed E-state index contributed by atoms with van der Waals surface area (Å²) in [5.74, 6) is -0.370. The van der Waals surface area contributed by atoms with Gasteiger partial charge >= 0.3 is 6.03 Å². The van der Waals surface area contributed by atoms with Gasteiger partial charge in [0.05, 0.1) is 10.6 Å². The van der Waals surface area contributed by atoms with Gasteiger partial charge in [0.15, 0.2) is 0 Å². The summed E-state index contributed by atoms with van der Waals surface area (Å²) in [5, 5.41) is 13.4. The first kappa shape index (κ1) is 16.4. The molecule has 0 saturated carbocycles. The molecule has 0 spiro atoms. The van der Waals surface area contributed by atoms with Crippen molar-refractivity contribution in [3.63, 3.8) is 0 Å². The highest BCUT2D eigenvalue weighted by atomic mass is 19.1. The highest BCUT2D eigenvalue weighted by Gasteiger charge is 2.14. The molecule has 2 amide bonds. The number of nitro groups is 1. The molecule has 2 aromatic carbocycles. The van der Waals surface area contributed by atoms with Crippen LogP contribution in [0.15, 0.2) is 42.5 Å². The first-order valence-electron chi connectivity index (χ1n) is 6.88. The van der Waals surface area contributed by atoms with E-state index in [1.165, 1.54) is 29.2 Å². The summed E-state index contributed by atoms with van der Waals surface area (Å²) in [6, 6.07) is 9.79. The highest BCUT2D eigenvalue weighted by Crippen LogP contribution is 2.22. The van der Waals surface area contributed by atoms with Gasteiger partial charge in [-0.2, -0.15) is 0 Å². The number of halogens is 1. The van der Waals surface area contributed by atoms with Crippen LogP contribution in [0.3, 0.4) is 0 Å². The predicted octanol–water partition coefficient (Wildman–Crippen LogP) is 3.71. The minimum atomic E-state index is -0.522. The number of hydrogen-bond donors (Lipinski definition) is 1. The van der Waals surface area contributed by atoms with Gasteiger partial charge < -0.3 is 10.2 Å². The Morgan fingerprint density at radius 3 is 2.70 bits per heavy atom. The Hall–Kier alpha value is -2.96. The van der Waals surface area contributed by atoms with Crippen LogP contribution < -0.4 is 5.32 Å². The van der Waals surface area contributed by atoms with Crippen LogP contribution in [0.1, 0.15) is 11.1 Å². The first-order valence-corrected chi connectivity index (χ1v) is 6.88. The Bertz CT molecular complexity index is 749. The van der Waals surface area contributed by atoms with Crippen LogP contribution >= 0.6 is 0 Å². The van der Waals surface area contributed by atoms with Crippen LogP contribution in [-0.2, 0) is 6.54 Å². The monoisotopic (exact) mass is 317 g/mol. The topological polar surface area (TPSA) is 75.5 Å². The lowest BCUT2D eigenvalue weighted by atomic mass is 10.2. The van der Waals surface area contributed by atoms with Gasteiger partial charge in [-0.15, -0.1) is 0 Å². The van der Waals surface area contributed by atoms with E-state index in [4.69, 9.17) is 0 Å². The smallest absolute Gasteiger partial charge is 0.321 e. The van der Waals surface area contributed by atoms with E-state index >= 15 is 0 Å². The average molecular weight is 317 g/mol.